The number of carbonyl (C=O) groups excluding carboxylic acids is 1. The lowest BCUT2D eigenvalue weighted by atomic mass is 10.0. The van der Waals surface area contributed by atoms with E-state index in [9.17, 15) is 9.59 Å². The Kier molecular flexibility index (Phi) is 6.45. The van der Waals surface area contributed by atoms with Gasteiger partial charge in [-0.1, -0.05) is 0 Å². The number of hydrogen-bond donors (Lipinski definition) is 2. The molecule has 6 nitrogen and oxygen atoms in total. The predicted molar refractivity (Wildman–Crippen MR) is 98.7 cm³/mol. The van der Waals surface area contributed by atoms with E-state index in [1.165, 1.54) is 0 Å². The Morgan fingerprint density at radius 1 is 1.40 bits per heavy atom. The molecule has 2 N–H and O–H groups in total. The number of halogens is 1. The standard InChI is InChI=1S/C18H22N2O4.ClH/c1-11-14-4-3-13(23-2)7-16(14)24-18(22)15(11)5-6-17(21)20-10-12-8-19-9-12;/h3-4,7,12,19H,5-6,8-10H2,1-2H3,(H,20,21);1H. The molecule has 136 valence electrons. The number of fused-ring (bicyclic) bond motifs is 1. The third-order valence-corrected chi connectivity index (χ3v) is 4.55. The number of carbonyl (C=O) groups is 1. The second-order valence-corrected chi connectivity index (χ2v) is 6.18. The number of amides is 1. The van der Waals surface area contributed by atoms with E-state index < -0.39 is 0 Å². The summed E-state index contributed by atoms with van der Waals surface area (Å²) in [5.74, 6) is 1.13. The Morgan fingerprint density at radius 2 is 2.16 bits per heavy atom. The van der Waals surface area contributed by atoms with Crippen LogP contribution in [0.2, 0.25) is 0 Å². The smallest absolute Gasteiger partial charge is 0.339 e. The highest BCUT2D eigenvalue weighted by Crippen LogP contribution is 2.24. The van der Waals surface area contributed by atoms with Crippen LogP contribution in [0.4, 0.5) is 0 Å². The van der Waals surface area contributed by atoms with E-state index in [0.717, 1.165) is 24.0 Å². The van der Waals surface area contributed by atoms with Crippen LogP contribution in [0.15, 0.2) is 27.4 Å². The van der Waals surface area contributed by atoms with Crippen molar-refractivity contribution in [2.75, 3.05) is 26.7 Å². The molecule has 3 rings (SSSR count). The molecule has 1 saturated heterocycles. The largest absolute Gasteiger partial charge is 0.497 e. The van der Waals surface area contributed by atoms with Gasteiger partial charge in [0.05, 0.1) is 7.11 Å². The van der Waals surface area contributed by atoms with Gasteiger partial charge in [0.15, 0.2) is 0 Å². The zero-order valence-corrected chi connectivity index (χ0v) is 15.2. The van der Waals surface area contributed by atoms with Gasteiger partial charge in [-0.25, -0.2) is 4.79 Å². The molecule has 1 fully saturated rings. The van der Waals surface area contributed by atoms with Crippen LogP contribution in [-0.4, -0.2) is 32.7 Å². The van der Waals surface area contributed by atoms with E-state index in [4.69, 9.17) is 9.15 Å². The summed E-state index contributed by atoms with van der Waals surface area (Å²) in [6.07, 6.45) is 0.665. The van der Waals surface area contributed by atoms with Gasteiger partial charge in [-0.05, 0) is 31.0 Å². The van der Waals surface area contributed by atoms with E-state index in [2.05, 4.69) is 10.6 Å². The van der Waals surface area contributed by atoms with Crippen molar-refractivity contribution in [3.05, 3.63) is 39.7 Å². The number of ether oxygens (including phenoxy) is 1. The maximum atomic E-state index is 12.2. The summed E-state index contributed by atoms with van der Waals surface area (Å²) in [4.78, 5) is 24.2. The molecule has 0 radical (unpaired) electrons. The molecule has 0 atom stereocenters. The quantitative estimate of drug-likeness (QED) is 0.762. The Morgan fingerprint density at radius 3 is 2.80 bits per heavy atom. The first-order valence-electron chi connectivity index (χ1n) is 8.16. The zero-order chi connectivity index (χ0) is 17.1. The predicted octanol–water partition coefficient (Wildman–Crippen LogP) is 1.80. The number of aryl methyl sites for hydroxylation is 1. The molecule has 0 bridgehead atoms. The van der Waals surface area contributed by atoms with Crippen LogP contribution < -0.4 is 21.0 Å². The zero-order valence-electron chi connectivity index (χ0n) is 14.4. The molecule has 1 amide bonds. The van der Waals surface area contributed by atoms with E-state index >= 15 is 0 Å². The number of benzene rings is 1. The molecule has 1 aromatic heterocycles. The molecule has 2 heterocycles. The minimum atomic E-state index is -0.385. The molecular weight excluding hydrogens is 344 g/mol. The van der Waals surface area contributed by atoms with Gasteiger partial charge < -0.3 is 19.8 Å². The van der Waals surface area contributed by atoms with Crippen molar-refractivity contribution in [1.82, 2.24) is 10.6 Å². The lowest BCUT2D eigenvalue weighted by Crippen LogP contribution is -2.48. The summed E-state index contributed by atoms with van der Waals surface area (Å²) in [6, 6.07) is 5.41. The second-order valence-electron chi connectivity index (χ2n) is 6.18. The monoisotopic (exact) mass is 366 g/mol. The first-order valence-corrected chi connectivity index (χ1v) is 8.16. The molecule has 0 saturated carbocycles. The van der Waals surface area contributed by atoms with Crippen molar-refractivity contribution in [3.8, 4) is 5.75 Å². The molecule has 2 aromatic rings. The average Bonchev–Trinajstić information content (AvgIpc) is 2.52. The minimum absolute atomic E-state index is 0. The van der Waals surface area contributed by atoms with Gasteiger partial charge in [-0.15, -0.1) is 12.4 Å². The maximum Gasteiger partial charge on any atom is 0.339 e. The van der Waals surface area contributed by atoms with Gasteiger partial charge in [-0.2, -0.15) is 0 Å². The summed E-state index contributed by atoms with van der Waals surface area (Å²) < 4.78 is 10.5. The SMILES string of the molecule is COc1ccc2c(C)c(CCC(=O)NCC3CNC3)c(=O)oc2c1.Cl. The lowest BCUT2D eigenvalue weighted by Gasteiger charge is -2.27. The van der Waals surface area contributed by atoms with Crippen LogP contribution in [0.3, 0.4) is 0 Å². The summed E-state index contributed by atoms with van der Waals surface area (Å²) in [6.45, 7) is 4.49. The van der Waals surface area contributed by atoms with Gasteiger partial charge in [-0.3, -0.25) is 4.79 Å². The van der Waals surface area contributed by atoms with Crippen LogP contribution >= 0.6 is 12.4 Å². The number of rotatable bonds is 6. The molecule has 1 aliphatic rings. The third kappa shape index (κ3) is 4.32. The van der Waals surface area contributed by atoms with Crippen molar-refractivity contribution >= 4 is 29.3 Å². The molecule has 0 unspecified atom stereocenters. The number of methoxy groups -OCH3 is 1. The van der Waals surface area contributed by atoms with Crippen LogP contribution in [0.5, 0.6) is 5.75 Å². The normalized spacial score (nSPS) is 13.8. The average molecular weight is 367 g/mol. The van der Waals surface area contributed by atoms with Gasteiger partial charge in [0.1, 0.15) is 11.3 Å². The molecule has 0 aliphatic carbocycles. The molecule has 25 heavy (non-hydrogen) atoms. The van der Waals surface area contributed by atoms with E-state index in [1.54, 1.807) is 13.2 Å². The van der Waals surface area contributed by atoms with Gasteiger partial charge >= 0.3 is 5.63 Å². The summed E-state index contributed by atoms with van der Waals surface area (Å²) >= 11 is 0. The summed E-state index contributed by atoms with van der Waals surface area (Å²) in [5, 5.41) is 6.95. The maximum absolute atomic E-state index is 12.2. The molecule has 1 aromatic carbocycles. The Hall–Kier alpha value is -2.05. The van der Waals surface area contributed by atoms with E-state index in [0.29, 0.717) is 35.8 Å². The first-order chi connectivity index (χ1) is 11.6. The van der Waals surface area contributed by atoms with Crippen LogP contribution in [0, 0.1) is 12.8 Å². The minimum Gasteiger partial charge on any atom is -0.497 e. The van der Waals surface area contributed by atoms with Crippen molar-refractivity contribution in [1.29, 1.82) is 0 Å². The highest BCUT2D eigenvalue weighted by molar-refractivity contribution is 5.85. The van der Waals surface area contributed by atoms with Crippen LogP contribution in [0.25, 0.3) is 11.0 Å². The molecule has 0 spiro atoms. The Bertz CT molecular complexity index is 815. The fraction of sp³-hybridized carbons (Fsp3) is 0.444. The first kappa shape index (κ1) is 19.3. The van der Waals surface area contributed by atoms with Crippen LogP contribution in [0.1, 0.15) is 17.5 Å². The summed E-state index contributed by atoms with van der Waals surface area (Å²) in [7, 11) is 1.57. The van der Waals surface area contributed by atoms with Gasteiger partial charge in [0.25, 0.3) is 0 Å². The number of nitrogens with one attached hydrogen (secondary N) is 2. The highest BCUT2D eigenvalue weighted by Gasteiger charge is 2.18. The van der Waals surface area contributed by atoms with E-state index in [1.807, 2.05) is 19.1 Å². The Labute approximate surface area is 152 Å². The Balaban J connectivity index is 0.00000225. The molecule has 1 aliphatic heterocycles. The highest BCUT2D eigenvalue weighted by atomic mass is 35.5. The van der Waals surface area contributed by atoms with E-state index in [-0.39, 0.29) is 30.4 Å². The fourth-order valence-corrected chi connectivity index (χ4v) is 2.87. The summed E-state index contributed by atoms with van der Waals surface area (Å²) in [5.41, 5.74) is 1.54. The lowest BCUT2D eigenvalue weighted by molar-refractivity contribution is -0.121. The third-order valence-electron chi connectivity index (χ3n) is 4.55. The van der Waals surface area contributed by atoms with Crippen LogP contribution in [-0.2, 0) is 11.2 Å². The van der Waals surface area contributed by atoms with Crippen molar-refractivity contribution in [3.63, 3.8) is 0 Å². The fourth-order valence-electron chi connectivity index (χ4n) is 2.87. The van der Waals surface area contributed by atoms with Crippen molar-refractivity contribution < 1.29 is 13.9 Å². The molecular formula is C18H23ClN2O4. The number of hydrogen-bond acceptors (Lipinski definition) is 5. The van der Waals surface area contributed by atoms with Gasteiger partial charge in [0.2, 0.25) is 5.91 Å². The molecule has 7 heteroatoms. The van der Waals surface area contributed by atoms with Gasteiger partial charge in [0, 0.05) is 49.0 Å². The second kappa shape index (κ2) is 8.36. The van der Waals surface area contributed by atoms with Crippen molar-refractivity contribution in [2.45, 2.75) is 19.8 Å². The topological polar surface area (TPSA) is 80.6 Å². The van der Waals surface area contributed by atoms with Crippen molar-refractivity contribution in [2.24, 2.45) is 5.92 Å².